The van der Waals surface area contributed by atoms with E-state index >= 15 is 0 Å². The highest BCUT2D eigenvalue weighted by molar-refractivity contribution is 6.02. The molecule has 0 radical (unpaired) electrons. The Bertz CT molecular complexity index is 908. The molecule has 146 valence electrons. The van der Waals surface area contributed by atoms with Crippen LogP contribution in [0.1, 0.15) is 31.7 Å². The number of aliphatic hydroxyl groups is 1. The van der Waals surface area contributed by atoms with E-state index in [-0.39, 0.29) is 18.1 Å². The summed E-state index contributed by atoms with van der Waals surface area (Å²) < 4.78 is 0. The van der Waals surface area contributed by atoms with Gasteiger partial charge in [-0.05, 0) is 65.8 Å². The van der Waals surface area contributed by atoms with E-state index in [4.69, 9.17) is 5.11 Å². The molecule has 2 N–H and O–H groups in total. The molecule has 1 saturated heterocycles. The SMILES string of the molecule is CC(CO)CNC(=O)C(C#N)=Cc1ccc2cc(N3CCCCC3)ccc2c1. The van der Waals surface area contributed by atoms with Crippen molar-refractivity contribution in [3.05, 3.63) is 47.5 Å². The topological polar surface area (TPSA) is 76.4 Å². The zero-order chi connectivity index (χ0) is 19.9. The first-order chi connectivity index (χ1) is 13.6. The van der Waals surface area contributed by atoms with Crippen LogP contribution in [0, 0.1) is 17.2 Å². The Morgan fingerprint density at radius 1 is 1.21 bits per heavy atom. The van der Waals surface area contributed by atoms with Crippen molar-refractivity contribution >= 4 is 28.4 Å². The summed E-state index contributed by atoms with van der Waals surface area (Å²) in [7, 11) is 0. The summed E-state index contributed by atoms with van der Waals surface area (Å²) >= 11 is 0. The molecule has 2 aromatic carbocycles. The lowest BCUT2D eigenvalue weighted by molar-refractivity contribution is -0.117. The minimum atomic E-state index is -0.414. The molecule has 0 bridgehead atoms. The molecular formula is C23H27N3O2. The Hall–Kier alpha value is -2.84. The lowest BCUT2D eigenvalue weighted by Gasteiger charge is -2.29. The van der Waals surface area contributed by atoms with Crippen molar-refractivity contribution in [3.8, 4) is 6.07 Å². The third-order valence-corrected chi connectivity index (χ3v) is 5.17. The number of benzene rings is 2. The number of anilines is 1. The molecule has 5 nitrogen and oxygen atoms in total. The summed E-state index contributed by atoms with van der Waals surface area (Å²) in [6.45, 7) is 4.39. The molecule has 1 fully saturated rings. The average Bonchev–Trinajstić information content (AvgIpc) is 2.75. The van der Waals surface area contributed by atoms with E-state index in [0.29, 0.717) is 6.54 Å². The van der Waals surface area contributed by atoms with Crippen LogP contribution in [0.25, 0.3) is 16.8 Å². The third-order valence-electron chi connectivity index (χ3n) is 5.17. The van der Waals surface area contributed by atoms with Crippen molar-refractivity contribution in [2.45, 2.75) is 26.2 Å². The number of hydrogen-bond donors (Lipinski definition) is 2. The van der Waals surface area contributed by atoms with Crippen LogP contribution >= 0.6 is 0 Å². The second kappa shape index (κ2) is 9.38. The number of rotatable bonds is 6. The molecular weight excluding hydrogens is 350 g/mol. The lowest BCUT2D eigenvalue weighted by Crippen LogP contribution is -2.30. The molecule has 1 aliphatic rings. The normalized spacial score (nSPS) is 15.9. The quantitative estimate of drug-likeness (QED) is 0.597. The van der Waals surface area contributed by atoms with Crippen LogP contribution < -0.4 is 10.2 Å². The van der Waals surface area contributed by atoms with Crippen molar-refractivity contribution in [3.63, 3.8) is 0 Å². The molecule has 1 unspecified atom stereocenters. The predicted molar refractivity (Wildman–Crippen MR) is 113 cm³/mol. The Balaban J connectivity index is 1.78. The summed E-state index contributed by atoms with van der Waals surface area (Å²) in [6.07, 6.45) is 5.42. The van der Waals surface area contributed by atoms with Crippen molar-refractivity contribution in [1.29, 1.82) is 5.26 Å². The predicted octanol–water partition coefficient (Wildman–Crippen LogP) is 3.48. The number of nitriles is 1. The number of aliphatic hydroxyl groups excluding tert-OH is 1. The second-order valence-electron chi connectivity index (χ2n) is 7.51. The van der Waals surface area contributed by atoms with Gasteiger partial charge in [0.15, 0.2) is 0 Å². The highest BCUT2D eigenvalue weighted by Gasteiger charge is 2.12. The first kappa shape index (κ1) is 19.9. The van der Waals surface area contributed by atoms with Crippen LogP contribution in [0.4, 0.5) is 5.69 Å². The van der Waals surface area contributed by atoms with Gasteiger partial charge in [0.25, 0.3) is 5.91 Å². The van der Waals surface area contributed by atoms with Crippen LogP contribution in [0.5, 0.6) is 0 Å². The van der Waals surface area contributed by atoms with E-state index in [9.17, 15) is 10.1 Å². The number of amides is 1. The molecule has 1 amide bonds. The Labute approximate surface area is 166 Å². The van der Waals surface area contributed by atoms with E-state index < -0.39 is 5.91 Å². The maximum absolute atomic E-state index is 12.2. The molecule has 2 aromatic rings. The molecule has 28 heavy (non-hydrogen) atoms. The van der Waals surface area contributed by atoms with Gasteiger partial charge in [-0.3, -0.25) is 4.79 Å². The minimum absolute atomic E-state index is 0.00400. The smallest absolute Gasteiger partial charge is 0.261 e. The molecule has 5 heteroatoms. The van der Waals surface area contributed by atoms with Gasteiger partial charge < -0.3 is 15.3 Å². The first-order valence-corrected chi connectivity index (χ1v) is 9.90. The van der Waals surface area contributed by atoms with E-state index in [0.717, 1.165) is 29.4 Å². The number of nitrogens with one attached hydrogen (secondary N) is 1. The standard InChI is InChI=1S/C23H27N3O2/c1-17(16-27)15-25-23(28)21(14-24)12-18-5-6-20-13-22(8-7-19(20)11-18)26-9-3-2-4-10-26/h5-8,11-13,17,27H,2-4,9-10,15-16H2,1H3,(H,25,28). The fourth-order valence-corrected chi connectivity index (χ4v) is 3.43. The largest absolute Gasteiger partial charge is 0.396 e. The van der Waals surface area contributed by atoms with Gasteiger partial charge in [0.2, 0.25) is 0 Å². The van der Waals surface area contributed by atoms with Gasteiger partial charge in [-0.15, -0.1) is 0 Å². The van der Waals surface area contributed by atoms with Gasteiger partial charge in [0, 0.05) is 31.9 Å². The molecule has 3 rings (SSSR count). The van der Waals surface area contributed by atoms with Gasteiger partial charge in [-0.25, -0.2) is 0 Å². The van der Waals surface area contributed by atoms with Gasteiger partial charge in [0.1, 0.15) is 11.6 Å². The Kier molecular flexibility index (Phi) is 6.67. The van der Waals surface area contributed by atoms with Gasteiger partial charge in [-0.2, -0.15) is 5.26 Å². The number of hydrogen-bond acceptors (Lipinski definition) is 4. The summed E-state index contributed by atoms with van der Waals surface area (Å²) in [5.74, 6) is -0.456. The van der Waals surface area contributed by atoms with E-state index in [1.807, 2.05) is 31.2 Å². The van der Waals surface area contributed by atoms with Crippen LogP contribution in [0.3, 0.4) is 0 Å². The number of carbonyl (C=O) groups excluding carboxylic acids is 1. The van der Waals surface area contributed by atoms with Gasteiger partial charge >= 0.3 is 0 Å². The Morgan fingerprint density at radius 2 is 1.93 bits per heavy atom. The van der Waals surface area contributed by atoms with Crippen molar-refractivity contribution in [2.24, 2.45) is 5.92 Å². The highest BCUT2D eigenvalue weighted by Crippen LogP contribution is 2.26. The molecule has 0 aromatic heterocycles. The van der Waals surface area contributed by atoms with Crippen LogP contribution in [-0.2, 0) is 4.79 Å². The highest BCUT2D eigenvalue weighted by atomic mass is 16.3. The first-order valence-electron chi connectivity index (χ1n) is 9.90. The lowest BCUT2D eigenvalue weighted by atomic mass is 10.0. The van der Waals surface area contributed by atoms with E-state index in [1.165, 1.54) is 24.9 Å². The summed E-state index contributed by atoms with van der Waals surface area (Å²) in [4.78, 5) is 14.6. The maximum atomic E-state index is 12.2. The molecule has 1 aliphatic heterocycles. The van der Waals surface area contributed by atoms with Crippen LogP contribution in [0.2, 0.25) is 0 Å². The molecule has 1 heterocycles. The van der Waals surface area contributed by atoms with Crippen LogP contribution in [0.15, 0.2) is 42.0 Å². The Morgan fingerprint density at radius 3 is 2.64 bits per heavy atom. The summed E-state index contributed by atoms with van der Waals surface area (Å²) in [5.41, 5.74) is 2.14. The second-order valence-corrected chi connectivity index (χ2v) is 7.51. The zero-order valence-corrected chi connectivity index (χ0v) is 16.3. The number of nitrogens with zero attached hydrogens (tertiary/aromatic N) is 2. The number of piperidine rings is 1. The maximum Gasteiger partial charge on any atom is 0.261 e. The van der Waals surface area contributed by atoms with Crippen molar-refractivity contribution < 1.29 is 9.90 Å². The summed E-state index contributed by atoms with van der Waals surface area (Å²) in [5, 5.41) is 23.3. The average molecular weight is 377 g/mol. The van der Waals surface area contributed by atoms with Crippen molar-refractivity contribution in [1.82, 2.24) is 5.32 Å². The van der Waals surface area contributed by atoms with E-state index in [2.05, 4.69) is 28.4 Å². The minimum Gasteiger partial charge on any atom is -0.396 e. The van der Waals surface area contributed by atoms with Crippen LogP contribution in [-0.4, -0.2) is 37.3 Å². The van der Waals surface area contributed by atoms with Gasteiger partial charge in [-0.1, -0.05) is 25.1 Å². The zero-order valence-electron chi connectivity index (χ0n) is 16.3. The van der Waals surface area contributed by atoms with E-state index in [1.54, 1.807) is 6.08 Å². The molecule has 0 saturated carbocycles. The third kappa shape index (κ3) is 4.90. The number of carbonyl (C=O) groups is 1. The number of fused-ring (bicyclic) bond motifs is 1. The monoisotopic (exact) mass is 377 g/mol. The molecule has 1 atom stereocenters. The molecule has 0 aliphatic carbocycles. The van der Waals surface area contributed by atoms with Crippen molar-refractivity contribution in [2.75, 3.05) is 31.1 Å². The summed E-state index contributed by atoms with van der Waals surface area (Å²) in [6, 6.07) is 14.4. The van der Waals surface area contributed by atoms with Gasteiger partial charge in [0.05, 0.1) is 0 Å². The fraction of sp³-hybridized carbons (Fsp3) is 0.391. The molecule has 0 spiro atoms. The fourth-order valence-electron chi connectivity index (χ4n) is 3.43.